The monoisotopic (exact) mass is 411 g/mol. The first kappa shape index (κ1) is 20.2. The van der Waals surface area contributed by atoms with Crippen molar-refractivity contribution in [3.8, 4) is 5.75 Å². The van der Waals surface area contributed by atoms with Gasteiger partial charge in [0, 0.05) is 0 Å². The Bertz CT molecular complexity index is 1140. The third kappa shape index (κ3) is 5.24. The average Bonchev–Trinajstić information content (AvgIpc) is 2.72. The lowest BCUT2D eigenvalue weighted by atomic mass is 10.2. The molecule has 3 rings (SSSR count). The molecule has 0 bridgehead atoms. The number of aromatic hydroxyl groups is 1. The molecule has 3 aromatic carbocycles. The van der Waals surface area contributed by atoms with Crippen LogP contribution in [0.5, 0.6) is 5.75 Å². The summed E-state index contributed by atoms with van der Waals surface area (Å²) in [7, 11) is -3.96. The molecule has 3 aromatic rings. The van der Waals surface area contributed by atoms with Gasteiger partial charge < -0.3 is 5.11 Å². The standard InChI is InChI=1S/C20H17N3O5S/c1-14-6-12-17(13-7-14)29(26,27)28-23-16-10-8-15(9-11-16)21-22-20(25)18-4-2-3-5-19(18)24/h2-13,23-24H,1H3. The number of para-hydroxylation sites is 1. The smallest absolute Gasteiger partial charge is 0.317 e. The number of anilines is 1. The molecule has 148 valence electrons. The van der Waals surface area contributed by atoms with Crippen molar-refractivity contribution >= 4 is 27.4 Å². The number of rotatable bonds is 6. The average molecular weight is 411 g/mol. The van der Waals surface area contributed by atoms with Gasteiger partial charge in [0.05, 0.1) is 21.8 Å². The van der Waals surface area contributed by atoms with E-state index in [1.807, 2.05) is 6.92 Å². The van der Waals surface area contributed by atoms with Crippen LogP contribution in [0.2, 0.25) is 0 Å². The molecular formula is C20H17N3O5S. The molecule has 0 unspecified atom stereocenters. The summed E-state index contributed by atoms with van der Waals surface area (Å²) in [6, 6.07) is 18.4. The molecular weight excluding hydrogens is 394 g/mol. The van der Waals surface area contributed by atoms with Gasteiger partial charge in [0.25, 0.3) is 5.91 Å². The first-order chi connectivity index (χ1) is 13.8. The fourth-order valence-corrected chi connectivity index (χ4v) is 3.04. The molecule has 8 nitrogen and oxygen atoms in total. The van der Waals surface area contributed by atoms with Crippen LogP contribution in [0.3, 0.4) is 0 Å². The van der Waals surface area contributed by atoms with Crippen LogP contribution in [-0.2, 0) is 14.4 Å². The number of phenolic OH excluding ortho intramolecular Hbond substituents is 1. The first-order valence-electron chi connectivity index (χ1n) is 8.45. The maximum absolute atomic E-state index is 12.1. The number of amides is 1. The van der Waals surface area contributed by atoms with Gasteiger partial charge in [-0.05, 0) is 55.5 Å². The summed E-state index contributed by atoms with van der Waals surface area (Å²) in [5.41, 5.74) is 4.07. The Morgan fingerprint density at radius 3 is 2.28 bits per heavy atom. The zero-order valence-electron chi connectivity index (χ0n) is 15.3. The third-order valence-electron chi connectivity index (χ3n) is 3.84. The highest BCUT2D eigenvalue weighted by molar-refractivity contribution is 7.86. The van der Waals surface area contributed by atoms with Crippen molar-refractivity contribution in [2.24, 2.45) is 10.2 Å². The van der Waals surface area contributed by atoms with Crippen molar-refractivity contribution in [1.82, 2.24) is 0 Å². The normalized spacial score (nSPS) is 11.5. The number of nitrogens with zero attached hydrogens (tertiary/aromatic N) is 2. The van der Waals surface area contributed by atoms with E-state index in [2.05, 4.69) is 15.7 Å². The summed E-state index contributed by atoms with van der Waals surface area (Å²) in [5.74, 6) is -0.860. The van der Waals surface area contributed by atoms with Crippen molar-refractivity contribution in [2.45, 2.75) is 11.8 Å². The van der Waals surface area contributed by atoms with Gasteiger partial charge >= 0.3 is 10.1 Å². The largest absolute Gasteiger partial charge is 0.507 e. The van der Waals surface area contributed by atoms with Crippen molar-refractivity contribution in [3.63, 3.8) is 0 Å². The fraction of sp³-hybridized carbons (Fsp3) is 0.0500. The van der Waals surface area contributed by atoms with E-state index in [4.69, 9.17) is 4.28 Å². The first-order valence-corrected chi connectivity index (χ1v) is 9.86. The predicted octanol–water partition coefficient (Wildman–Crippen LogP) is 4.36. The number of hydrogen-bond acceptors (Lipinski definition) is 7. The van der Waals surface area contributed by atoms with Crippen LogP contribution in [-0.4, -0.2) is 19.4 Å². The van der Waals surface area contributed by atoms with Crippen molar-refractivity contribution in [1.29, 1.82) is 0 Å². The van der Waals surface area contributed by atoms with Gasteiger partial charge in [-0.1, -0.05) is 29.8 Å². The second-order valence-corrected chi connectivity index (χ2v) is 7.57. The molecule has 0 aromatic heterocycles. The summed E-state index contributed by atoms with van der Waals surface area (Å²) in [6.45, 7) is 1.85. The van der Waals surface area contributed by atoms with E-state index in [0.717, 1.165) is 5.56 Å². The minimum absolute atomic E-state index is 0.0312. The highest BCUT2D eigenvalue weighted by Gasteiger charge is 2.15. The maximum atomic E-state index is 12.1. The minimum Gasteiger partial charge on any atom is -0.507 e. The number of phenols is 1. The predicted molar refractivity (Wildman–Crippen MR) is 106 cm³/mol. The topological polar surface area (TPSA) is 117 Å². The Labute approximate surface area is 167 Å². The lowest BCUT2D eigenvalue weighted by molar-refractivity contribution is 0.0992. The number of hydrogen-bond donors (Lipinski definition) is 2. The number of carbonyl (C=O) groups is 1. The lowest BCUT2D eigenvalue weighted by Gasteiger charge is -2.07. The summed E-state index contributed by atoms with van der Waals surface area (Å²) in [4.78, 5) is 12.0. The van der Waals surface area contributed by atoms with Crippen molar-refractivity contribution in [3.05, 3.63) is 83.9 Å². The highest BCUT2D eigenvalue weighted by Crippen LogP contribution is 2.21. The van der Waals surface area contributed by atoms with Gasteiger partial charge in [0.15, 0.2) is 0 Å². The summed E-state index contributed by atoms with van der Waals surface area (Å²) < 4.78 is 29.1. The van der Waals surface area contributed by atoms with Crippen LogP contribution in [0.15, 0.2) is 87.9 Å². The second-order valence-electron chi connectivity index (χ2n) is 6.02. The van der Waals surface area contributed by atoms with Crippen LogP contribution in [0.4, 0.5) is 11.4 Å². The summed E-state index contributed by atoms with van der Waals surface area (Å²) in [6.07, 6.45) is 0. The number of benzene rings is 3. The molecule has 0 heterocycles. The van der Waals surface area contributed by atoms with Crippen molar-refractivity contribution in [2.75, 3.05) is 5.48 Å². The molecule has 0 saturated heterocycles. The molecule has 0 saturated carbocycles. The van der Waals surface area contributed by atoms with Crippen LogP contribution < -0.4 is 5.48 Å². The Balaban J connectivity index is 1.62. The van der Waals surface area contributed by atoms with E-state index in [0.29, 0.717) is 11.4 Å². The van der Waals surface area contributed by atoms with Gasteiger partial charge in [-0.2, -0.15) is 8.42 Å². The van der Waals surface area contributed by atoms with Crippen LogP contribution in [0, 0.1) is 6.92 Å². The van der Waals surface area contributed by atoms with Gasteiger partial charge in [0.1, 0.15) is 5.75 Å². The van der Waals surface area contributed by atoms with Gasteiger partial charge in [-0.25, -0.2) is 5.48 Å². The zero-order valence-corrected chi connectivity index (χ0v) is 16.1. The van der Waals surface area contributed by atoms with Gasteiger partial charge in [-0.3, -0.25) is 4.79 Å². The van der Waals surface area contributed by atoms with E-state index in [9.17, 15) is 18.3 Å². The van der Waals surface area contributed by atoms with Crippen molar-refractivity contribution < 1.29 is 22.6 Å². The van der Waals surface area contributed by atoms with E-state index < -0.39 is 16.0 Å². The molecule has 0 aliphatic heterocycles. The van der Waals surface area contributed by atoms with Crippen LogP contribution in [0.25, 0.3) is 0 Å². The number of azo groups is 1. The van der Waals surface area contributed by atoms with E-state index >= 15 is 0 Å². The Morgan fingerprint density at radius 2 is 1.62 bits per heavy atom. The zero-order chi connectivity index (χ0) is 20.9. The molecule has 0 spiro atoms. The van der Waals surface area contributed by atoms with Crippen LogP contribution in [0.1, 0.15) is 15.9 Å². The lowest BCUT2D eigenvalue weighted by Crippen LogP contribution is -2.11. The minimum atomic E-state index is -3.96. The highest BCUT2D eigenvalue weighted by atomic mass is 32.2. The molecule has 1 amide bonds. The van der Waals surface area contributed by atoms with E-state index in [1.165, 1.54) is 48.5 Å². The van der Waals surface area contributed by atoms with Gasteiger partial charge in [-0.15, -0.1) is 14.5 Å². The quantitative estimate of drug-likeness (QED) is 0.460. The molecule has 0 aliphatic carbocycles. The molecule has 0 radical (unpaired) electrons. The molecule has 29 heavy (non-hydrogen) atoms. The fourth-order valence-electron chi connectivity index (χ4n) is 2.26. The Hall–Kier alpha value is -3.56. The van der Waals surface area contributed by atoms with E-state index in [-0.39, 0.29) is 16.2 Å². The summed E-state index contributed by atoms with van der Waals surface area (Å²) >= 11 is 0. The number of carbonyl (C=O) groups excluding carboxylic acids is 1. The molecule has 0 atom stereocenters. The molecule has 0 fully saturated rings. The third-order valence-corrected chi connectivity index (χ3v) is 4.99. The Morgan fingerprint density at radius 1 is 0.966 bits per heavy atom. The van der Waals surface area contributed by atoms with Crippen LogP contribution >= 0.6 is 0 Å². The summed E-state index contributed by atoms with van der Waals surface area (Å²) in [5, 5.41) is 17.0. The maximum Gasteiger partial charge on any atom is 0.317 e. The molecule has 2 N–H and O–H groups in total. The molecule has 0 aliphatic rings. The number of aryl methyl sites for hydroxylation is 1. The van der Waals surface area contributed by atoms with Gasteiger partial charge in [0.2, 0.25) is 0 Å². The molecule has 9 heteroatoms. The van der Waals surface area contributed by atoms with E-state index in [1.54, 1.807) is 24.3 Å². The second kappa shape index (κ2) is 8.63. The SMILES string of the molecule is Cc1ccc(S(=O)(=O)ONc2ccc(N=NC(=O)c3ccccc3O)cc2)cc1. The number of nitrogens with one attached hydrogen (secondary N) is 1. The Kier molecular flexibility index (Phi) is 6.01.